The minimum Gasteiger partial charge on any atom is -0.463 e. The molecule has 0 aromatic heterocycles. The normalized spacial score (nSPS) is 11.3. The molecule has 0 aromatic rings. The molecule has 0 atom stereocenters. The van der Waals surface area contributed by atoms with E-state index in [0.717, 1.165) is 13.1 Å². The number of carbonyl (C=O) groups excluding carboxylic acids is 2. The lowest BCUT2D eigenvalue weighted by Gasteiger charge is -2.19. The van der Waals surface area contributed by atoms with Crippen molar-refractivity contribution >= 4 is 17.8 Å². The summed E-state index contributed by atoms with van der Waals surface area (Å²) in [6, 6.07) is 0. The predicted octanol–water partition coefficient (Wildman–Crippen LogP) is 1.14. The van der Waals surface area contributed by atoms with E-state index in [0.29, 0.717) is 32.0 Å². The Kier molecular flexibility index (Phi) is 11.7. The van der Waals surface area contributed by atoms with E-state index in [1.807, 2.05) is 34.6 Å². The van der Waals surface area contributed by atoms with Crippen molar-refractivity contribution in [3.8, 4) is 0 Å². The van der Waals surface area contributed by atoms with Gasteiger partial charge in [-0.05, 0) is 34.6 Å². The molecule has 134 valence electrons. The van der Waals surface area contributed by atoms with E-state index >= 15 is 0 Å². The van der Waals surface area contributed by atoms with Crippen LogP contribution in [-0.4, -0.2) is 61.6 Å². The van der Waals surface area contributed by atoms with Crippen LogP contribution in [0.3, 0.4) is 0 Å². The molecule has 7 heteroatoms. The fourth-order valence-electron chi connectivity index (χ4n) is 1.94. The number of nitrogens with zero attached hydrogens (tertiary/aromatic N) is 2. The highest BCUT2D eigenvalue weighted by Crippen LogP contribution is 1.94. The van der Waals surface area contributed by atoms with Gasteiger partial charge in [0.05, 0.1) is 19.1 Å². The molecular weight excluding hydrogens is 296 g/mol. The first-order valence-corrected chi connectivity index (χ1v) is 8.43. The molecule has 0 aliphatic heterocycles. The molecule has 23 heavy (non-hydrogen) atoms. The summed E-state index contributed by atoms with van der Waals surface area (Å²) in [7, 11) is 0. The van der Waals surface area contributed by atoms with Crippen molar-refractivity contribution in [1.29, 1.82) is 0 Å². The Balaban J connectivity index is 4.22. The minimum atomic E-state index is -0.253. The van der Waals surface area contributed by atoms with Gasteiger partial charge in [0.25, 0.3) is 0 Å². The molecule has 0 fully saturated rings. The summed E-state index contributed by atoms with van der Waals surface area (Å²) in [6.07, 6.45) is 0.554. The van der Waals surface area contributed by atoms with Crippen LogP contribution in [0.25, 0.3) is 0 Å². The number of hydrogen-bond donors (Lipinski definition) is 2. The molecule has 2 N–H and O–H groups in total. The van der Waals surface area contributed by atoms with Crippen molar-refractivity contribution in [1.82, 2.24) is 15.5 Å². The van der Waals surface area contributed by atoms with Gasteiger partial charge < -0.3 is 20.3 Å². The molecule has 0 heterocycles. The summed E-state index contributed by atoms with van der Waals surface area (Å²) in [4.78, 5) is 29.5. The zero-order valence-corrected chi connectivity index (χ0v) is 15.1. The molecule has 0 aliphatic carbocycles. The standard InChI is InChI=1S/C16H32N4O3/c1-6-17-16(19-12-10-15(22)23-13(4)5)18-11-9-14(21)20(7-2)8-3/h13H,6-12H2,1-5H3,(H2,17,18,19). The first kappa shape index (κ1) is 21.2. The fourth-order valence-corrected chi connectivity index (χ4v) is 1.94. The summed E-state index contributed by atoms with van der Waals surface area (Å²) < 4.78 is 5.06. The topological polar surface area (TPSA) is 83.0 Å². The van der Waals surface area contributed by atoms with E-state index in [1.165, 1.54) is 0 Å². The molecular formula is C16H32N4O3. The van der Waals surface area contributed by atoms with Crippen molar-refractivity contribution in [2.45, 2.75) is 53.6 Å². The van der Waals surface area contributed by atoms with Crippen LogP contribution in [0, 0.1) is 0 Å². The molecule has 0 bridgehead atoms. The predicted molar refractivity (Wildman–Crippen MR) is 92.4 cm³/mol. The van der Waals surface area contributed by atoms with Gasteiger partial charge in [-0.15, -0.1) is 0 Å². The summed E-state index contributed by atoms with van der Waals surface area (Å²) in [6.45, 7) is 12.6. The second-order valence-corrected chi connectivity index (χ2v) is 5.29. The van der Waals surface area contributed by atoms with Crippen molar-refractivity contribution < 1.29 is 14.3 Å². The largest absolute Gasteiger partial charge is 0.463 e. The minimum absolute atomic E-state index is 0.107. The van der Waals surface area contributed by atoms with Gasteiger partial charge in [0, 0.05) is 32.6 Å². The van der Waals surface area contributed by atoms with E-state index in [2.05, 4.69) is 15.6 Å². The van der Waals surface area contributed by atoms with Crippen molar-refractivity contribution in [3.05, 3.63) is 0 Å². The van der Waals surface area contributed by atoms with Crippen molar-refractivity contribution in [2.24, 2.45) is 4.99 Å². The third-order valence-corrected chi connectivity index (χ3v) is 3.04. The third-order valence-electron chi connectivity index (χ3n) is 3.04. The van der Waals surface area contributed by atoms with Gasteiger partial charge in [0.15, 0.2) is 5.96 Å². The van der Waals surface area contributed by atoms with E-state index in [9.17, 15) is 9.59 Å². The molecule has 0 saturated heterocycles. The van der Waals surface area contributed by atoms with Gasteiger partial charge >= 0.3 is 5.97 Å². The number of amides is 1. The highest BCUT2D eigenvalue weighted by Gasteiger charge is 2.09. The summed E-state index contributed by atoms with van der Waals surface area (Å²) in [5.41, 5.74) is 0. The summed E-state index contributed by atoms with van der Waals surface area (Å²) in [5.74, 6) is 0.479. The second-order valence-electron chi connectivity index (χ2n) is 5.29. The van der Waals surface area contributed by atoms with Gasteiger partial charge in [0.2, 0.25) is 5.91 Å². The number of rotatable bonds is 10. The van der Waals surface area contributed by atoms with Gasteiger partial charge in [-0.3, -0.25) is 14.6 Å². The Labute approximate surface area is 139 Å². The molecule has 0 aliphatic rings. The van der Waals surface area contributed by atoms with Crippen molar-refractivity contribution in [2.75, 3.05) is 32.7 Å². The third kappa shape index (κ3) is 10.5. The number of ether oxygens (including phenoxy) is 1. The molecule has 0 saturated carbocycles. The number of carbonyl (C=O) groups is 2. The van der Waals surface area contributed by atoms with E-state index in [-0.39, 0.29) is 24.4 Å². The number of aliphatic imine (C=N–C) groups is 1. The van der Waals surface area contributed by atoms with Crippen LogP contribution in [0.2, 0.25) is 0 Å². The first-order valence-electron chi connectivity index (χ1n) is 8.43. The highest BCUT2D eigenvalue weighted by molar-refractivity contribution is 5.81. The van der Waals surface area contributed by atoms with Gasteiger partial charge in [-0.25, -0.2) is 0 Å². The quantitative estimate of drug-likeness (QED) is 0.357. The molecule has 0 unspecified atom stereocenters. The summed E-state index contributed by atoms with van der Waals surface area (Å²) in [5, 5.41) is 6.20. The van der Waals surface area contributed by atoms with Gasteiger partial charge in [0.1, 0.15) is 0 Å². The number of esters is 1. The SMILES string of the molecule is CCNC(=NCCC(=O)OC(C)C)NCCC(=O)N(CC)CC. The number of hydrogen-bond acceptors (Lipinski definition) is 4. The van der Waals surface area contributed by atoms with Crippen LogP contribution >= 0.6 is 0 Å². The fraction of sp³-hybridized carbons (Fsp3) is 0.812. The van der Waals surface area contributed by atoms with Crippen LogP contribution in [0.15, 0.2) is 4.99 Å². The zero-order valence-electron chi connectivity index (χ0n) is 15.1. The lowest BCUT2D eigenvalue weighted by molar-refractivity contribution is -0.147. The first-order chi connectivity index (χ1) is 10.9. The molecule has 0 rings (SSSR count). The second kappa shape index (κ2) is 12.7. The van der Waals surface area contributed by atoms with Crippen LogP contribution in [0.5, 0.6) is 0 Å². The van der Waals surface area contributed by atoms with E-state index in [4.69, 9.17) is 4.74 Å². The Hall–Kier alpha value is -1.79. The van der Waals surface area contributed by atoms with Crippen LogP contribution in [-0.2, 0) is 14.3 Å². The average Bonchev–Trinajstić information content (AvgIpc) is 2.47. The maximum atomic E-state index is 11.9. The Morgan fingerprint density at radius 1 is 1.09 bits per heavy atom. The molecule has 0 radical (unpaired) electrons. The van der Waals surface area contributed by atoms with E-state index < -0.39 is 0 Å². The van der Waals surface area contributed by atoms with Crippen LogP contribution < -0.4 is 10.6 Å². The van der Waals surface area contributed by atoms with Crippen molar-refractivity contribution in [3.63, 3.8) is 0 Å². The smallest absolute Gasteiger partial charge is 0.307 e. The Bertz CT molecular complexity index is 380. The molecule has 7 nitrogen and oxygen atoms in total. The lowest BCUT2D eigenvalue weighted by Crippen LogP contribution is -2.40. The van der Waals surface area contributed by atoms with Gasteiger partial charge in [-0.1, -0.05) is 0 Å². The van der Waals surface area contributed by atoms with Gasteiger partial charge in [-0.2, -0.15) is 0 Å². The number of guanidine groups is 1. The van der Waals surface area contributed by atoms with Crippen LogP contribution in [0.4, 0.5) is 0 Å². The zero-order chi connectivity index (χ0) is 17.7. The average molecular weight is 328 g/mol. The Morgan fingerprint density at radius 2 is 1.74 bits per heavy atom. The van der Waals surface area contributed by atoms with Crippen LogP contribution in [0.1, 0.15) is 47.5 Å². The molecule has 0 spiro atoms. The maximum absolute atomic E-state index is 11.9. The molecule has 1 amide bonds. The highest BCUT2D eigenvalue weighted by atomic mass is 16.5. The maximum Gasteiger partial charge on any atom is 0.307 e. The summed E-state index contributed by atoms with van der Waals surface area (Å²) >= 11 is 0. The number of nitrogens with one attached hydrogen (secondary N) is 2. The molecule has 0 aromatic carbocycles. The lowest BCUT2D eigenvalue weighted by atomic mass is 10.3. The Morgan fingerprint density at radius 3 is 2.26 bits per heavy atom. The monoisotopic (exact) mass is 328 g/mol. The van der Waals surface area contributed by atoms with E-state index in [1.54, 1.807) is 4.90 Å².